The van der Waals surface area contributed by atoms with Gasteiger partial charge in [-0.1, -0.05) is 6.92 Å². The standard InChI is InChI=1S/C13H24N4O2/c1-4-8-17-11(10(18-2)9-15-17)12(16-14)13(19-3)6-5-7-13/h9,12,16H,4-8,14H2,1-3H3. The molecule has 1 aliphatic carbocycles. The van der Waals surface area contributed by atoms with Crippen molar-refractivity contribution in [2.45, 2.75) is 50.8 Å². The van der Waals surface area contributed by atoms with Crippen LogP contribution in [-0.4, -0.2) is 29.6 Å². The minimum atomic E-state index is -0.243. The van der Waals surface area contributed by atoms with Crippen LogP contribution in [0.15, 0.2) is 6.20 Å². The fraction of sp³-hybridized carbons (Fsp3) is 0.769. The zero-order valence-electron chi connectivity index (χ0n) is 12.0. The summed E-state index contributed by atoms with van der Waals surface area (Å²) in [6.07, 6.45) is 5.92. The molecule has 108 valence electrons. The average Bonchev–Trinajstić information content (AvgIpc) is 2.77. The number of rotatable bonds is 7. The summed E-state index contributed by atoms with van der Waals surface area (Å²) in [5.74, 6) is 6.56. The number of aromatic nitrogens is 2. The highest BCUT2D eigenvalue weighted by molar-refractivity contribution is 5.31. The van der Waals surface area contributed by atoms with Gasteiger partial charge in [0.2, 0.25) is 0 Å². The van der Waals surface area contributed by atoms with Gasteiger partial charge in [0.25, 0.3) is 0 Å². The topological polar surface area (TPSA) is 74.3 Å². The lowest BCUT2D eigenvalue weighted by Gasteiger charge is -2.46. The first-order valence-electron chi connectivity index (χ1n) is 6.83. The second-order valence-electron chi connectivity index (χ2n) is 5.04. The number of nitrogens with zero attached hydrogens (tertiary/aromatic N) is 2. The molecule has 1 unspecified atom stereocenters. The van der Waals surface area contributed by atoms with Crippen molar-refractivity contribution in [2.75, 3.05) is 14.2 Å². The van der Waals surface area contributed by atoms with Gasteiger partial charge in [-0.2, -0.15) is 5.10 Å². The van der Waals surface area contributed by atoms with Gasteiger partial charge in [0.05, 0.1) is 24.9 Å². The fourth-order valence-corrected chi connectivity index (χ4v) is 2.83. The molecule has 19 heavy (non-hydrogen) atoms. The first-order chi connectivity index (χ1) is 9.22. The van der Waals surface area contributed by atoms with Crippen LogP contribution in [0.4, 0.5) is 0 Å². The van der Waals surface area contributed by atoms with Crippen molar-refractivity contribution in [1.29, 1.82) is 0 Å². The predicted molar refractivity (Wildman–Crippen MR) is 72.7 cm³/mol. The van der Waals surface area contributed by atoms with Gasteiger partial charge in [-0.15, -0.1) is 0 Å². The molecule has 3 N–H and O–H groups in total. The van der Waals surface area contributed by atoms with Gasteiger partial charge < -0.3 is 9.47 Å². The number of nitrogens with one attached hydrogen (secondary N) is 1. The molecular weight excluding hydrogens is 244 g/mol. The molecule has 1 saturated carbocycles. The number of methoxy groups -OCH3 is 2. The van der Waals surface area contributed by atoms with Gasteiger partial charge in [-0.05, 0) is 25.7 Å². The number of aryl methyl sites for hydroxylation is 1. The summed E-state index contributed by atoms with van der Waals surface area (Å²) in [5, 5.41) is 4.39. The van der Waals surface area contributed by atoms with Gasteiger partial charge in [-0.3, -0.25) is 10.5 Å². The Labute approximate surface area is 114 Å². The van der Waals surface area contributed by atoms with E-state index >= 15 is 0 Å². The molecule has 0 amide bonds. The van der Waals surface area contributed by atoms with Crippen molar-refractivity contribution >= 4 is 0 Å². The first-order valence-corrected chi connectivity index (χ1v) is 6.83. The van der Waals surface area contributed by atoms with Crippen LogP contribution in [0.25, 0.3) is 0 Å². The van der Waals surface area contributed by atoms with Crippen molar-refractivity contribution in [3.63, 3.8) is 0 Å². The summed E-state index contributed by atoms with van der Waals surface area (Å²) in [7, 11) is 3.40. The van der Waals surface area contributed by atoms with Crippen molar-refractivity contribution < 1.29 is 9.47 Å². The smallest absolute Gasteiger partial charge is 0.161 e. The lowest BCUT2D eigenvalue weighted by Crippen LogP contribution is -2.53. The number of hydrogen-bond acceptors (Lipinski definition) is 5. The predicted octanol–water partition coefficient (Wildman–Crippen LogP) is 1.38. The molecule has 1 fully saturated rings. The van der Waals surface area contributed by atoms with Crippen molar-refractivity contribution in [2.24, 2.45) is 5.84 Å². The molecule has 0 spiro atoms. The van der Waals surface area contributed by atoms with E-state index in [0.29, 0.717) is 0 Å². The van der Waals surface area contributed by atoms with Gasteiger partial charge in [0.1, 0.15) is 5.69 Å². The molecule has 1 atom stereocenters. The number of hydrazine groups is 1. The van der Waals surface area contributed by atoms with Gasteiger partial charge >= 0.3 is 0 Å². The van der Waals surface area contributed by atoms with Gasteiger partial charge in [0, 0.05) is 13.7 Å². The maximum atomic E-state index is 5.80. The third-order valence-electron chi connectivity index (χ3n) is 4.07. The number of ether oxygens (including phenoxy) is 2. The van der Waals surface area contributed by atoms with Gasteiger partial charge in [-0.25, -0.2) is 5.43 Å². The summed E-state index contributed by atoms with van der Waals surface area (Å²) in [4.78, 5) is 0. The summed E-state index contributed by atoms with van der Waals surface area (Å²) >= 11 is 0. The largest absolute Gasteiger partial charge is 0.493 e. The minimum absolute atomic E-state index is 0.102. The highest BCUT2D eigenvalue weighted by atomic mass is 16.5. The Kier molecular flexibility index (Phi) is 4.44. The lowest BCUT2D eigenvalue weighted by molar-refractivity contribution is -0.102. The van der Waals surface area contributed by atoms with Gasteiger partial charge in [0.15, 0.2) is 5.75 Å². The maximum absolute atomic E-state index is 5.80. The van der Waals surface area contributed by atoms with E-state index in [1.165, 1.54) is 0 Å². The van der Waals surface area contributed by atoms with Crippen LogP contribution in [0.3, 0.4) is 0 Å². The maximum Gasteiger partial charge on any atom is 0.161 e. The van der Waals surface area contributed by atoms with Crippen molar-refractivity contribution in [3.05, 3.63) is 11.9 Å². The molecule has 0 aliphatic heterocycles. The van der Waals surface area contributed by atoms with Crippen molar-refractivity contribution in [3.8, 4) is 5.75 Å². The van der Waals surface area contributed by atoms with E-state index in [9.17, 15) is 0 Å². The highest BCUT2D eigenvalue weighted by Crippen LogP contribution is 2.46. The third-order valence-corrected chi connectivity index (χ3v) is 4.07. The van der Waals surface area contributed by atoms with Crippen LogP contribution in [0.5, 0.6) is 5.75 Å². The molecule has 1 aromatic rings. The molecule has 6 nitrogen and oxygen atoms in total. The minimum Gasteiger partial charge on any atom is -0.493 e. The van der Waals surface area contributed by atoms with E-state index in [1.807, 2.05) is 4.68 Å². The summed E-state index contributed by atoms with van der Waals surface area (Å²) < 4.78 is 13.1. The first kappa shape index (κ1) is 14.3. The van der Waals surface area contributed by atoms with E-state index in [4.69, 9.17) is 15.3 Å². The molecule has 0 radical (unpaired) electrons. The quantitative estimate of drug-likeness (QED) is 0.577. The number of nitrogens with two attached hydrogens (primary N) is 1. The summed E-state index contributed by atoms with van der Waals surface area (Å²) in [6.45, 7) is 2.97. The van der Waals surface area contributed by atoms with Crippen LogP contribution in [-0.2, 0) is 11.3 Å². The molecule has 2 rings (SSSR count). The molecule has 1 aliphatic rings. The Balaban J connectivity index is 2.38. The summed E-state index contributed by atoms with van der Waals surface area (Å²) in [6, 6.07) is -0.102. The molecule has 0 saturated heterocycles. The molecule has 6 heteroatoms. The van der Waals surface area contributed by atoms with Crippen LogP contribution in [0.1, 0.15) is 44.3 Å². The van der Waals surface area contributed by atoms with Crippen LogP contribution in [0, 0.1) is 0 Å². The van der Waals surface area contributed by atoms with E-state index in [-0.39, 0.29) is 11.6 Å². The van der Waals surface area contributed by atoms with Crippen LogP contribution in [0.2, 0.25) is 0 Å². The molecule has 0 bridgehead atoms. The fourth-order valence-electron chi connectivity index (χ4n) is 2.83. The lowest BCUT2D eigenvalue weighted by atomic mass is 9.73. The second kappa shape index (κ2) is 5.90. The zero-order chi connectivity index (χ0) is 13.9. The molecular formula is C13H24N4O2. The Morgan fingerprint density at radius 3 is 2.68 bits per heavy atom. The molecule has 0 aromatic carbocycles. The van der Waals surface area contributed by atoms with E-state index in [1.54, 1.807) is 20.4 Å². The van der Waals surface area contributed by atoms with E-state index < -0.39 is 0 Å². The Bertz CT molecular complexity index is 409. The Morgan fingerprint density at radius 2 is 2.26 bits per heavy atom. The van der Waals surface area contributed by atoms with Crippen LogP contribution >= 0.6 is 0 Å². The average molecular weight is 268 g/mol. The monoisotopic (exact) mass is 268 g/mol. The zero-order valence-corrected chi connectivity index (χ0v) is 12.0. The van der Waals surface area contributed by atoms with E-state index in [2.05, 4.69) is 17.4 Å². The van der Waals surface area contributed by atoms with Crippen molar-refractivity contribution in [1.82, 2.24) is 15.2 Å². The number of hydrogen-bond donors (Lipinski definition) is 2. The third kappa shape index (κ3) is 2.35. The second-order valence-corrected chi connectivity index (χ2v) is 5.04. The van der Waals surface area contributed by atoms with E-state index in [0.717, 1.165) is 43.7 Å². The molecule has 1 aromatic heterocycles. The normalized spacial score (nSPS) is 18.9. The molecule has 1 heterocycles. The SMILES string of the molecule is CCCn1ncc(OC)c1C(NN)C1(OC)CCC1. The summed E-state index contributed by atoms with van der Waals surface area (Å²) in [5.41, 5.74) is 3.64. The Morgan fingerprint density at radius 1 is 1.53 bits per heavy atom. The Hall–Kier alpha value is -1.11. The van der Waals surface area contributed by atoms with Crippen LogP contribution < -0.4 is 16.0 Å². The highest BCUT2D eigenvalue weighted by Gasteiger charge is 2.47.